The average Bonchev–Trinajstić information content (AvgIpc) is 2.36. The maximum absolute atomic E-state index is 11.8. The maximum atomic E-state index is 11.8. The van der Waals surface area contributed by atoms with Crippen molar-refractivity contribution in [2.45, 2.75) is 25.4 Å². The summed E-state index contributed by atoms with van der Waals surface area (Å²) in [7, 11) is 0. The Morgan fingerprint density at radius 1 is 1.53 bits per heavy atom. The van der Waals surface area contributed by atoms with Crippen LogP contribution in [0.1, 0.15) is 19.3 Å². The van der Waals surface area contributed by atoms with E-state index in [2.05, 4.69) is 26.1 Å². The van der Waals surface area contributed by atoms with Gasteiger partial charge in [0.2, 0.25) is 5.91 Å². The SMILES string of the molecule is O=C(CCN1CCCC(O)C1)Nc1cccc(Br)c1. The highest BCUT2D eigenvalue weighted by atomic mass is 79.9. The quantitative estimate of drug-likeness (QED) is 0.892. The molecule has 0 saturated carbocycles. The molecule has 1 unspecified atom stereocenters. The molecule has 2 rings (SSSR count). The van der Waals surface area contributed by atoms with Crippen molar-refractivity contribution in [3.8, 4) is 0 Å². The summed E-state index contributed by atoms with van der Waals surface area (Å²) in [5.74, 6) is 0.0122. The Morgan fingerprint density at radius 2 is 2.37 bits per heavy atom. The number of anilines is 1. The Morgan fingerprint density at radius 3 is 3.11 bits per heavy atom. The van der Waals surface area contributed by atoms with E-state index in [-0.39, 0.29) is 12.0 Å². The first kappa shape index (κ1) is 14.5. The molecule has 1 aliphatic rings. The third kappa shape index (κ3) is 4.93. The van der Waals surface area contributed by atoms with Gasteiger partial charge >= 0.3 is 0 Å². The van der Waals surface area contributed by atoms with Gasteiger partial charge in [0.05, 0.1) is 6.10 Å². The first-order valence-electron chi connectivity index (χ1n) is 6.59. The Bertz CT molecular complexity index is 439. The molecule has 0 aromatic heterocycles. The molecule has 0 radical (unpaired) electrons. The smallest absolute Gasteiger partial charge is 0.225 e. The zero-order valence-electron chi connectivity index (χ0n) is 10.8. The number of nitrogens with one attached hydrogen (secondary N) is 1. The fourth-order valence-corrected chi connectivity index (χ4v) is 2.68. The normalized spacial score (nSPS) is 20.2. The molecule has 1 heterocycles. The molecule has 1 saturated heterocycles. The van der Waals surface area contributed by atoms with Gasteiger partial charge in [-0.05, 0) is 37.6 Å². The number of amides is 1. The molecule has 1 aromatic rings. The van der Waals surface area contributed by atoms with Gasteiger partial charge in [-0.25, -0.2) is 0 Å². The number of nitrogens with zero attached hydrogens (tertiary/aromatic N) is 1. The summed E-state index contributed by atoms with van der Waals surface area (Å²) in [6.07, 6.45) is 2.11. The molecule has 2 N–H and O–H groups in total. The highest BCUT2D eigenvalue weighted by Gasteiger charge is 2.17. The van der Waals surface area contributed by atoms with Crippen LogP contribution >= 0.6 is 15.9 Å². The summed E-state index contributed by atoms with van der Waals surface area (Å²) in [5, 5.41) is 12.4. The second-order valence-corrected chi connectivity index (χ2v) is 5.82. The van der Waals surface area contributed by atoms with Gasteiger partial charge in [0.1, 0.15) is 0 Å². The topological polar surface area (TPSA) is 52.6 Å². The molecular weight excluding hydrogens is 308 g/mol. The van der Waals surface area contributed by atoms with E-state index in [1.165, 1.54) is 0 Å². The van der Waals surface area contributed by atoms with Gasteiger partial charge in [-0.15, -0.1) is 0 Å². The van der Waals surface area contributed by atoms with E-state index < -0.39 is 0 Å². The van der Waals surface area contributed by atoms with Gasteiger partial charge in [0.25, 0.3) is 0 Å². The lowest BCUT2D eigenvalue weighted by Gasteiger charge is -2.29. The zero-order valence-corrected chi connectivity index (χ0v) is 12.4. The molecule has 0 bridgehead atoms. The molecule has 1 amide bonds. The summed E-state index contributed by atoms with van der Waals surface area (Å²) in [6, 6.07) is 7.56. The molecule has 1 aliphatic heterocycles. The number of aliphatic hydroxyl groups excluding tert-OH is 1. The second-order valence-electron chi connectivity index (χ2n) is 4.91. The van der Waals surface area contributed by atoms with Crippen LogP contribution in [0.15, 0.2) is 28.7 Å². The molecule has 5 heteroatoms. The monoisotopic (exact) mass is 326 g/mol. The maximum Gasteiger partial charge on any atom is 0.225 e. The van der Waals surface area contributed by atoms with Crippen molar-refractivity contribution in [2.75, 3.05) is 25.0 Å². The first-order valence-corrected chi connectivity index (χ1v) is 7.38. The third-order valence-corrected chi connectivity index (χ3v) is 3.74. The standard InChI is InChI=1S/C14H19BrN2O2/c15-11-3-1-4-12(9-11)16-14(19)6-8-17-7-2-5-13(18)10-17/h1,3-4,9,13,18H,2,5-8,10H2,(H,16,19). The van der Waals surface area contributed by atoms with E-state index in [9.17, 15) is 9.90 Å². The zero-order chi connectivity index (χ0) is 13.7. The van der Waals surface area contributed by atoms with Crippen molar-refractivity contribution in [2.24, 2.45) is 0 Å². The molecule has 1 aromatic carbocycles. The van der Waals surface area contributed by atoms with Crippen LogP contribution in [0.2, 0.25) is 0 Å². The van der Waals surface area contributed by atoms with Gasteiger partial charge < -0.3 is 15.3 Å². The summed E-state index contributed by atoms with van der Waals surface area (Å²) >= 11 is 3.37. The van der Waals surface area contributed by atoms with Gasteiger partial charge in [0.15, 0.2) is 0 Å². The molecular formula is C14H19BrN2O2. The number of hydrogen-bond donors (Lipinski definition) is 2. The van der Waals surface area contributed by atoms with E-state index >= 15 is 0 Å². The lowest BCUT2D eigenvalue weighted by molar-refractivity contribution is -0.116. The molecule has 0 spiro atoms. The number of piperidine rings is 1. The number of carbonyl (C=O) groups is 1. The van der Waals surface area contributed by atoms with Crippen molar-refractivity contribution < 1.29 is 9.90 Å². The van der Waals surface area contributed by atoms with Crippen LogP contribution in [0, 0.1) is 0 Å². The Balaban J connectivity index is 1.75. The highest BCUT2D eigenvalue weighted by Crippen LogP contribution is 2.16. The number of aliphatic hydroxyl groups is 1. The van der Waals surface area contributed by atoms with Gasteiger partial charge in [-0.3, -0.25) is 4.79 Å². The van der Waals surface area contributed by atoms with Gasteiger partial charge in [0, 0.05) is 29.7 Å². The second kappa shape index (κ2) is 7.03. The number of β-amino-alcohol motifs (C(OH)–C–C–N with tert-alkyl or cyclic N) is 1. The number of hydrogen-bond acceptors (Lipinski definition) is 3. The minimum Gasteiger partial charge on any atom is -0.392 e. The number of benzene rings is 1. The predicted molar refractivity (Wildman–Crippen MR) is 79.1 cm³/mol. The van der Waals surface area contributed by atoms with Crippen LogP contribution in [-0.4, -0.2) is 41.7 Å². The van der Waals surface area contributed by atoms with Crippen LogP contribution in [0.4, 0.5) is 5.69 Å². The fraction of sp³-hybridized carbons (Fsp3) is 0.500. The summed E-state index contributed by atoms with van der Waals surface area (Å²) in [5.41, 5.74) is 0.804. The molecule has 19 heavy (non-hydrogen) atoms. The molecule has 1 fully saturated rings. The van der Waals surface area contributed by atoms with Gasteiger partial charge in [-0.1, -0.05) is 22.0 Å². The van der Waals surface area contributed by atoms with Crippen LogP contribution in [0.3, 0.4) is 0 Å². The molecule has 4 nitrogen and oxygen atoms in total. The number of halogens is 1. The molecule has 104 valence electrons. The summed E-state index contributed by atoms with van der Waals surface area (Å²) < 4.78 is 0.949. The summed E-state index contributed by atoms with van der Waals surface area (Å²) in [4.78, 5) is 14.0. The van der Waals surface area contributed by atoms with Crippen molar-refractivity contribution in [1.29, 1.82) is 0 Å². The van der Waals surface area contributed by atoms with Crippen molar-refractivity contribution in [3.05, 3.63) is 28.7 Å². The largest absolute Gasteiger partial charge is 0.392 e. The minimum absolute atomic E-state index is 0.0122. The fourth-order valence-electron chi connectivity index (χ4n) is 2.28. The third-order valence-electron chi connectivity index (χ3n) is 3.24. The van der Waals surface area contributed by atoms with Crippen LogP contribution in [0.25, 0.3) is 0 Å². The Hall–Kier alpha value is -0.910. The molecule has 0 aliphatic carbocycles. The molecule has 1 atom stereocenters. The number of likely N-dealkylation sites (tertiary alicyclic amines) is 1. The number of rotatable bonds is 4. The van der Waals surface area contributed by atoms with Crippen LogP contribution in [0.5, 0.6) is 0 Å². The predicted octanol–water partition coefficient (Wildman–Crippen LogP) is 2.23. The minimum atomic E-state index is -0.234. The number of carbonyl (C=O) groups excluding carboxylic acids is 1. The van der Waals surface area contributed by atoms with Crippen LogP contribution in [-0.2, 0) is 4.79 Å². The van der Waals surface area contributed by atoms with Gasteiger partial charge in [-0.2, -0.15) is 0 Å². The van der Waals surface area contributed by atoms with Crippen molar-refractivity contribution in [1.82, 2.24) is 4.90 Å². The highest BCUT2D eigenvalue weighted by molar-refractivity contribution is 9.10. The van der Waals surface area contributed by atoms with E-state index in [0.29, 0.717) is 19.5 Å². The van der Waals surface area contributed by atoms with Crippen LogP contribution < -0.4 is 5.32 Å². The van der Waals surface area contributed by atoms with E-state index in [1.807, 2.05) is 24.3 Å². The van der Waals surface area contributed by atoms with E-state index in [4.69, 9.17) is 0 Å². The lowest BCUT2D eigenvalue weighted by Crippen LogP contribution is -2.39. The van der Waals surface area contributed by atoms with E-state index in [0.717, 1.165) is 29.5 Å². The van der Waals surface area contributed by atoms with Crippen molar-refractivity contribution in [3.63, 3.8) is 0 Å². The summed E-state index contributed by atoms with van der Waals surface area (Å²) in [6.45, 7) is 2.36. The Kier molecular flexibility index (Phi) is 5.36. The average molecular weight is 327 g/mol. The lowest BCUT2D eigenvalue weighted by atomic mass is 10.1. The first-order chi connectivity index (χ1) is 9.13. The Labute approximate surface area is 121 Å². The van der Waals surface area contributed by atoms with E-state index in [1.54, 1.807) is 0 Å². The van der Waals surface area contributed by atoms with Crippen molar-refractivity contribution >= 4 is 27.5 Å².